The molecule has 0 radical (unpaired) electrons. The smallest absolute Gasteiger partial charge is 0.0540 e. The van der Waals surface area contributed by atoms with Crippen molar-refractivity contribution in [3.8, 4) is 0 Å². The van der Waals surface area contributed by atoms with Crippen molar-refractivity contribution < 1.29 is 0 Å². The number of aryl methyl sites for hydroxylation is 1. The Labute approximate surface area is 339 Å². The lowest BCUT2D eigenvalue weighted by molar-refractivity contribution is 0.219. The average molecular weight is 773 g/mol. The van der Waals surface area contributed by atoms with Crippen molar-refractivity contribution in [1.29, 1.82) is 0 Å². The molecular weight excluding hydrogens is 702 g/mol. The minimum atomic E-state index is 0.122. The zero-order chi connectivity index (χ0) is 40.5. The number of likely N-dealkylation sites (tertiary alicyclic amines) is 1. The molecule has 7 heteroatoms. The molecule has 2 aliphatic rings. The van der Waals surface area contributed by atoms with E-state index < -0.39 is 0 Å². The molecule has 296 valence electrons. The molecule has 3 unspecified atom stereocenters. The number of nitrogens with one attached hydrogen (secondary N) is 3. The first kappa shape index (κ1) is 48.2. The molecule has 0 saturated carbocycles. The molecule has 0 aliphatic carbocycles. The van der Waals surface area contributed by atoms with Crippen molar-refractivity contribution in [3.63, 3.8) is 0 Å². The van der Waals surface area contributed by atoms with Crippen LogP contribution in [0.1, 0.15) is 70.9 Å². The van der Waals surface area contributed by atoms with Crippen molar-refractivity contribution in [1.82, 2.24) is 20.9 Å². The first-order chi connectivity index (χ1) is 25.9. The lowest BCUT2D eigenvalue weighted by Crippen LogP contribution is -2.48. The number of benzene rings is 2. The summed E-state index contributed by atoms with van der Waals surface area (Å²) in [7, 11) is 0. The number of rotatable bonds is 20. The third-order valence-electron chi connectivity index (χ3n) is 9.19. The van der Waals surface area contributed by atoms with Gasteiger partial charge in [-0.2, -0.15) is 11.8 Å². The topological polar surface area (TPSA) is 75.3 Å². The highest BCUT2D eigenvalue weighted by atomic mass is 35.5. The van der Waals surface area contributed by atoms with Crippen LogP contribution in [0, 0.1) is 18.8 Å². The minimum absolute atomic E-state index is 0.122. The van der Waals surface area contributed by atoms with Crippen LogP contribution in [0.5, 0.6) is 0 Å². The van der Waals surface area contributed by atoms with Gasteiger partial charge < -0.3 is 21.7 Å². The van der Waals surface area contributed by atoms with Crippen molar-refractivity contribution in [3.05, 3.63) is 170 Å². The minimum Gasteiger partial charge on any atom is -0.405 e. The van der Waals surface area contributed by atoms with Crippen LogP contribution in [-0.2, 0) is 5.75 Å². The van der Waals surface area contributed by atoms with Crippen molar-refractivity contribution in [2.75, 3.05) is 18.8 Å². The molecule has 2 heterocycles. The number of halogens is 1. The van der Waals surface area contributed by atoms with Gasteiger partial charge in [-0.05, 0) is 93.8 Å². The van der Waals surface area contributed by atoms with Gasteiger partial charge in [0.1, 0.15) is 0 Å². The van der Waals surface area contributed by atoms with Crippen LogP contribution < -0.4 is 21.7 Å². The molecule has 54 heavy (non-hydrogen) atoms. The molecule has 1 fully saturated rings. The highest BCUT2D eigenvalue weighted by Crippen LogP contribution is 2.27. The molecule has 0 bridgehead atoms. The Morgan fingerprint density at radius 2 is 1.67 bits per heavy atom. The van der Waals surface area contributed by atoms with Crippen LogP contribution in [0.15, 0.2) is 153 Å². The normalized spacial score (nSPS) is 16.0. The molecule has 0 amide bonds. The molecular formula is C47H70ClN5S. The fraction of sp³-hybridized carbons (Fsp3) is 0.404. The van der Waals surface area contributed by atoms with Crippen LogP contribution in [0.3, 0.4) is 0 Å². The summed E-state index contributed by atoms with van der Waals surface area (Å²) in [5.74, 6) is 2.65. The quantitative estimate of drug-likeness (QED) is 0.100. The summed E-state index contributed by atoms with van der Waals surface area (Å²) in [5.41, 5.74) is 12.9. The monoisotopic (exact) mass is 772 g/mol. The predicted molar refractivity (Wildman–Crippen MR) is 243 cm³/mol. The SMILES string of the molecule is C=C.C=C(C)CC(NC(=C)C1CCCN1CC(NC(=C)[C@@H](C)CC/C=C\C1=CN1)C(C)C)C(=C)CSCc1ccccc1Cl.C=CN.Cc1ccccc1. The summed E-state index contributed by atoms with van der Waals surface area (Å²) in [6.07, 6.45) is 13.0. The number of hydrogen-bond donors (Lipinski definition) is 4. The van der Waals surface area contributed by atoms with Gasteiger partial charge in [-0.1, -0.05) is 124 Å². The van der Waals surface area contributed by atoms with E-state index in [9.17, 15) is 0 Å². The van der Waals surface area contributed by atoms with Crippen molar-refractivity contribution in [2.45, 2.75) is 90.6 Å². The highest BCUT2D eigenvalue weighted by Gasteiger charge is 2.31. The van der Waals surface area contributed by atoms with E-state index in [-0.39, 0.29) is 6.04 Å². The Morgan fingerprint density at radius 1 is 1.04 bits per heavy atom. The summed E-state index contributed by atoms with van der Waals surface area (Å²) in [4.78, 5) is 2.61. The Hall–Kier alpha value is -3.84. The summed E-state index contributed by atoms with van der Waals surface area (Å²) in [5, 5.41) is 11.6. The van der Waals surface area contributed by atoms with Gasteiger partial charge in [0.2, 0.25) is 0 Å². The summed E-state index contributed by atoms with van der Waals surface area (Å²) in [6, 6.07) is 19.1. The maximum Gasteiger partial charge on any atom is 0.0540 e. The average Bonchev–Trinajstić information content (AvgIpc) is 3.86. The maximum atomic E-state index is 6.37. The van der Waals surface area contributed by atoms with Crippen LogP contribution in [0.2, 0.25) is 5.02 Å². The fourth-order valence-electron chi connectivity index (χ4n) is 5.87. The van der Waals surface area contributed by atoms with Gasteiger partial charge in [-0.3, -0.25) is 4.90 Å². The molecule has 2 aromatic rings. The molecule has 0 aromatic heterocycles. The van der Waals surface area contributed by atoms with Gasteiger partial charge in [0.15, 0.2) is 0 Å². The second-order valence-corrected chi connectivity index (χ2v) is 15.7. The Balaban J connectivity index is 0.00000105. The molecule has 0 spiro atoms. The van der Waals surface area contributed by atoms with E-state index in [1.54, 1.807) is 0 Å². The van der Waals surface area contributed by atoms with E-state index in [2.05, 4.69) is 138 Å². The molecule has 4 rings (SSSR count). The summed E-state index contributed by atoms with van der Waals surface area (Å²) < 4.78 is 0. The Morgan fingerprint density at radius 3 is 2.22 bits per heavy atom. The van der Waals surface area contributed by atoms with E-state index >= 15 is 0 Å². The Bertz CT molecular complexity index is 1500. The number of thioether (sulfide) groups is 1. The standard InChI is InChI=1S/C36H53ClN4S.C7H8.C2H5N.C2H4/c1-25(2)20-34(28(6)23-42-24-31-15-10-12-17-33(31)37)40-30(8)36-18-13-19-41(36)22-35(26(3)4)39-29(7)27(5)14-9-11-16-32-21-38-32;1-7-5-3-2-4-6-7;1-2-3;1-2/h10-12,15-17,21,26-27,34-36,38-40H,1,6-9,13-14,18-20,22-24H2,2-5H3;2-6H,1H3;2H,1,3H2;1-2H2/b16-11-;;;/t27-,34?,35?,36?;;;/m0.../s1. The zero-order valence-corrected chi connectivity index (χ0v) is 35.6. The first-order valence-corrected chi connectivity index (χ1v) is 20.6. The highest BCUT2D eigenvalue weighted by molar-refractivity contribution is 7.98. The maximum absolute atomic E-state index is 6.37. The second-order valence-electron chi connectivity index (χ2n) is 14.3. The number of nitrogens with two attached hydrogens (primary N) is 1. The number of nitrogens with zero attached hydrogens (tertiary/aromatic N) is 1. The lowest BCUT2D eigenvalue weighted by Gasteiger charge is -2.35. The van der Waals surface area contributed by atoms with E-state index in [4.69, 9.17) is 11.6 Å². The van der Waals surface area contributed by atoms with E-state index in [1.165, 1.54) is 35.0 Å². The van der Waals surface area contributed by atoms with Crippen LogP contribution in [-0.4, -0.2) is 41.9 Å². The van der Waals surface area contributed by atoms with E-state index in [0.717, 1.165) is 72.3 Å². The molecule has 2 aliphatic heterocycles. The van der Waals surface area contributed by atoms with Gasteiger partial charge in [0.05, 0.1) is 11.7 Å². The fourth-order valence-corrected chi connectivity index (χ4v) is 7.19. The first-order valence-electron chi connectivity index (χ1n) is 19.1. The van der Waals surface area contributed by atoms with Gasteiger partial charge >= 0.3 is 0 Å². The third-order valence-corrected chi connectivity index (χ3v) is 10.6. The largest absolute Gasteiger partial charge is 0.405 e. The van der Waals surface area contributed by atoms with Crippen LogP contribution in [0.4, 0.5) is 0 Å². The second kappa shape index (κ2) is 27.7. The van der Waals surface area contributed by atoms with E-state index in [1.807, 2.05) is 54.4 Å². The molecule has 4 atom stereocenters. The summed E-state index contributed by atoms with van der Waals surface area (Å²) in [6.45, 7) is 39.9. The van der Waals surface area contributed by atoms with Gasteiger partial charge in [0.25, 0.3) is 0 Å². The Kier molecular flexibility index (Phi) is 24.7. The van der Waals surface area contributed by atoms with Crippen LogP contribution >= 0.6 is 23.4 Å². The van der Waals surface area contributed by atoms with E-state index in [0.29, 0.717) is 23.9 Å². The zero-order valence-electron chi connectivity index (χ0n) is 34.0. The lowest BCUT2D eigenvalue weighted by atomic mass is 9.98. The number of allylic oxidation sites excluding steroid dienone is 3. The van der Waals surface area contributed by atoms with Crippen molar-refractivity contribution >= 4 is 23.4 Å². The van der Waals surface area contributed by atoms with Crippen molar-refractivity contribution in [2.24, 2.45) is 17.6 Å². The third kappa shape index (κ3) is 20.0. The molecule has 5 N–H and O–H groups in total. The van der Waals surface area contributed by atoms with Gasteiger partial charge in [-0.25, -0.2) is 0 Å². The van der Waals surface area contributed by atoms with Crippen LogP contribution in [0.25, 0.3) is 0 Å². The molecule has 1 saturated heterocycles. The summed E-state index contributed by atoms with van der Waals surface area (Å²) >= 11 is 8.22. The van der Waals surface area contributed by atoms with Gasteiger partial charge in [0, 0.05) is 52.8 Å². The van der Waals surface area contributed by atoms with Gasteiger partial charge in [-0.15, -0.1) is 19.7 Å². The number of hydrogen-bond acceptors (Lipinski definition) is 6. The molecule has 2 aromatic carbocycles. The predicted octanol–water partition coefficient (Wildman–Crippen LogP) is 11.5. The molecule has 5 nitrogen and oxygen atoms in total.